The van der Waals surface area contributed by atoms with E-state index in [9.17, 15) is 9.59 Å². The smallest absolute Gasteiger partial charge is 0.407 e. The fraction of sp³-hybridized carbons (Fsp3) is 0.421. The van der Waals surface area contributed by atoms with Gasteiger partial charge in [-0.3, -0.25) is 0 Å². The van der Waals surface area contributed by atoms with Gasteiger partial charge in [-0.15, -0.1) is 0 Å². The van der Waals surface area contributed by atoms with Crippen molar-refractivity contribution >= 4 is 35.3 Å². The molecular formula is C19H23Cl2N3O6. The molecule has 2 N–H and O–H groups in total. The Balaban J connectivity index is 2.25. The van der Waals surface area contributed by atoms with E-state index in [4.69, 9.17) is 42.5 Å². The number of carbonyl (C=O) groups is 2. The van der Waals surface area contributed by atoms with Crippen LogP contribution in [0, 0.1) is 6.92 Å². The summed E-state index contributed by atoms with van der Waals surface area (Å²) in [5, 5.41) is 16.3. The van der Waals surface area contributed by atoms with Gasteiger partial charge < -0.3 is 24.6 Å². The first kappa shape index (κ1) is 23.6. The average Bonchev–Trinajstić information content (AvgIpc) is 2.92. The number of carboxylic acids is 1. The van der Waals surface area contributed by atoms with E-state index >= 15 is 0 Å². The number of carboxylic acid groups (broad SMARTS) is 1. The normalized spacial score (nSPS) is 11.7. The highest BCUT2D eigenvalue weighted by Gasteiger charge is 2.20. The maximum atomic E-state index is 11.5. The first-order valence-corrected chi connectivity index (χ1v) is 9.89. The SMILES string of the molecule is CCNC(=O)OCCc1c(C)nn(C)c1Oc1cc(O[C@@H](C)C(=O)O)c(Cl)cc1Cl. The van der Waals surface area contributed by atoms with Crippen molar-refractivity contribution in [3.8, 4) is 17.4 Å². The van der Waals surface area contributed by atoms with Crippen LogP contribution in [0.5, 0.6) is 17.4 Å². The molecule has 0 fully saturated rings. The van der Waals surface area contributed by atoms with Crippen LogP contribution in [-0.2, 0) is 23.0 Å². The lowest BCUT2D eigenvalue weighted by molar-refractivity contribution is -0.144. The number of benzene rings is 1. The number of halogens is 2. The summed E-state index contributed by atoms with van der Waals surface area (Å²) in [5.41, 5.74) is 1.43. The number of ether oxygens (including phenoxy) is 3. The third-order valence-electron chi connectivity index (χ3n) is 4.04. The molecule has 1 aromatic carbocycles. The maximum Gasteiger partial charge on any atom is 0.407 e. The summed E-state index contributed by atoms with van der Waals surface area (Å²) in [4.78, 5) is 22.5. The predicted octanol–water partition coefficient (Wildman–Crippen LogP) is 3.97. The number of alkyl carbamates (subject to hydrolysis) is 1. The number of carbonyl (C=O) groups excluding carboxylic acids is 1. The fourth-order valence-corrected chi connectivity index (χ4v) is 3.03. The minimum absolute atomic E-state index is 0.117. The fourth-order valence-electron chi connectivity index (χ4n) is 2.56. The second kappa shape index (κ2) is 10.4. The molecule has 0 aliphatic carbocycles. The van der Waals surface area contributed by atoms with Gasteiger partial charge in [0.15, 0.2) is 11.9 Å². The molecule has 164 valence electrons. The zero-order chi connectivity index (χ0) is 22.4. The Morgan fingerprint density at radius 3 is 2.57 bits per heavy atom. The lowest BCUT2D eigenvalue weighted by atomic mass is 10.2. The number of rotatable bonds is 9. The number of nitrogens with zero attached hydrogens (tertiary/aromatic N) is 2. The molecule has 0 saturated heterocycles. The molecule has 30 heavy (non-hydrogen) atoms. The summed E-state index contributed by atoms with van der Waals surface area (Å²) in [6.45, 7) is 5.59. The van der Waals surface area contributed by atoms with Gasteiger partial charge in [0, 0.05) is 31.6 Å². The van der Waals surface area contributed by atoms with E-state index in [0.717, 1.165) is 5.56 Å². The van der Waals surface area contributed by atoms with E-state index in [1.807, 2.05) is 0 Å². The molecule has 11 heteroatoms. The van der Waals surface area contributed by atoms with Crippen LogP contribution in [-0.4, -0.2) is 46.2 Å². The zero-order valence-electron chi connectivity index (χ0n) is 17.0. The molecule has 2 aromatic rings. The van der Waals surface area contributed by atoms with E-state index in [2.05, 4.69) is 10.4 Å². The average molecular weight is 460 g/mol. The molecule has 1 heterocycles. The van der Waals surface area contributed by atoms with Crippen LogP contribution in [0.25, 0.3) is 0 Å². The molecule has 1 atom stereocenters. The van der Waals surface area contributed by atoms with Crippen LogP contribution in [0.1, 0.15) is 25.1 Å². The Bertz CT molecular complexity index is 931. The third kappa shape index (κ3) is 5.93. The summed E-state index contributed by atoms with van der Waals surface area (Å²) in [6.07, 6.45) is -1.24. The van der Waals surface area contributed by atoms with Gasteiger partial charge in [-0.25, -0.2) is 14.3 Å². The lowest BCUT2D eigenvalue weighted by Gasteiger charge is -2.15. The van der Waals surface area contributed by atoms with Crippen molar-refractivity contribution in [2.75, 3.05) is 13.2 Å². The van der Waals surface area contributed by atoms with Gasteiger partial charge in [0.05, 0.1) is 22.3 Å². The molecular weight excluding hydrogens is 437 g/mol. The molecule has 2 rings (SSSR count). The summed E-state index contributed by atoms with van der Waals surface area (Å²) >= 11 is 12.4. The molecule has 0 bridgehead atoms. The highest BCUT2D eigenvalue weighted by molar-refractivity contribution is 6.36. The number of aromatic nitrogens is 2. The van der Waals surface area contributed by atoms with Crippen LogP contribution in [0.2, 0.25) is 10.0 Å². The van der Waals surface area contributed by atoms with Crippen LogP contribution >= 0.6 is 23.2 Å². The number of aliphatic carboxylic acids is 1. The Morgan fingerprint density at radius 2 is 1.93 bits per heavy atom. The van der Waals surface area contributed by atoms with E-state index in [0.29, 0.717) is 24.5 Å². The van der Waals surface area contributed by atoms with E-state index in [-0.39, 0.29) is 28.2 Å². The Hall–Kier alpha value is -2.65. The zero-order valence-corrected chi connectivity index (χ0v) is 18.5. The van der Waals surface area contributed by atoms with Gasteiger partial charge in [0.25, 0.3) is 0 Å². The number of aryl methyl sites for hydroxylation is 2. The van der Waals surface area contributed by atoms with Crippen molar-refractivity contribution in [1.82, 2.24) is 15.1 Å². The topological polar surface area (TPSA) is 112 Å². The second-order valence-electron chi connectivity index (χ2n) is 6.32. The van der Waals surface area contributed by atoms with Gasteiger partial charge in [0.1, 0.15) is 5.75 Å². The highest BCUT2D eigenvalue weighted by atomic mass is 35.5. The van der Waals surface area contributed by atoms with Crippen LogP contribution in [0.3, 0.4) is 0 Å². The minimum Gasteiger partial charge on any atom is -0.479 e. The number of nitrogens with one attached hydrogen (secondary N) is 1. The largest absolute Gasteiger partial charge is 0.479 e. The molecule has 0 aliphatic heterocycles. The summed E-state index contributed by atoms with van der Waals surface area (Å²) < 4.78 is 18.0. The Kier molecular flexibility index (Phi) is 8.19. The lowest BCUT2D eigenvalue weighted by Crippen LogP contribution is -2.24. The van der Waals surface area contributed by atoms with Crippen molar-refractivity contribution in [3.63, 3.8) is 0 Å². The van der Waals surface area contributed by atoms with Crippen molar-refractivity contribution in [2.24, 2.45) is 7.05 Å². The molecule has 9 nitrogen and oxygen atoms in total. The quantitative estimate of drug-likeness (QED) is 0.583. The van der Waals surface area contributed by atoms with E-state index in [1.54, 1.807) is 20.9 Å². The van der Waals surface area contributed by atoms with Gasteiger partial charge in [-0.05, 0) is 26.8 Å². The number of amides is 1. The Morgan fingerprint density at radius 1 is 1.27 bits per heavy atom. The van der Waals surface area contributed by atoms with Crippen LogP contribution in [0.15, 0.2) is 12.1 Å². The molecule has 0 saturated carbocycles. The number of hydrogen-bond acceptors (Lipinski definition) is 6. The summed E-state index contributed by atoms with van der Waals surface area (Å²) in [7, 11) is 1.70. The summed E-state index contributed by atoms with van der Waals surface area (Å²) in [5.74, 6) is -0.415. The highest BCUT2D eigenvalue weighted by Crippen LogP contribution is 2.39. The molecule has 1 amide bonds. The van der Waals surface area contributed by atoms with E-state index in [1.165, 1.54) is 23.7 Å². The predicted molar refractivity (Wildman–Crippen MR) is 111 cm³/mol. The first-order chi connectivity index (χ1) is 14.1. The molecule has 0 aliphatic rings. The van der Waals surface area contributed by atoms with E-state index < -0.39 is 18.2 Å². The minimum atomic E-state index is -1.14. The van der Waals surface area contributed by atoms with Crippen LogP contribution in [0.4, 0.5) is 4.79 Å². The molecule has 1 aromatic heterocycles. The number of hydrogen-bond donors (Lipinski definition) is 2. The standard InChI is InChI=1S/C19H23Cl2N3O6/c1-5-22-19(27)28-7-6-12-10(2)23-24(4)17(12)30-16-9-15(13(20)8-14(16)21)29-11(3)18(25)26/h8-9,11H,5-7H2,1-4H3,(H,22,27)(H,25,26)/t11-/m0/s1. The van der Waals surface area contributed by atoms with Gasteiger partial charge >= 0.3 is 12.1 Å². The van der Waals surface area contributed by atoms with Crippen molar-refractivity contribution in [3.05, 3.63) is 33.4 Å². The third-order valence-corrected chi connectivity index (χ3v) is 4.63. The maximum absolute atomic E-state index is 11.5. The molecule has 0 spiro atoms. The molecule has 0 unspecified atom stereocenters. The first-order valence-electron chi connectivity index (χ1n) is 9.13. The van der Waals surface area contributed by atoms with Crippen molar-refractivity contribution in [1.29, 1.82) is 0 Å². The molecule has 0 radical (unpaired) electrons. The van der Waals surface area contributed by atoms with Gasteiger partial charge in [-0.1, -0.05) is 23.2 Å². The van der Waals surface area contributed by atoms with Crippen molar-refractivity contribution in [2.45, 2.75) is 33.3 Å². The summed E-state index contributed by atoms with van der Waals surface area (Å²) in [6, 6.07) is 2.82. The monoisotopic (exact) mass is 459 g/mol. The Labute approximate surface area is 183 Å². The van der Waals surface area contributed by atoms with Gasteiger partial charge in [-0.2, -0.15) is 5.10 Å². The second-order valence-corrected chi connectivity index (χ2v) is 7.14. The van der Waals surface area contributed by atoms with Crippen molar-refractivity contribution < 1.29 is 28.9 Å². The van der Waals surface area contributed by atoms with Gasteiger partial charge in [0.2, 0.25) is 5.88 Å². The van der Waals surface area contributed by atoms with Crippen LogP contribution < -0.4 is 14.8 Å².